The molecule has 0 aliphatic carbocycles. The van der Waals surface area contributed by atoms with E-state index in [0.29, 0.717) is 10.4 Å². The van der Waals surface area contributed by atoms with Crippen LogP contribution in [0.3, 0.4) is 0 Å². The molecule has 2 nitrogen and oxygen atoms in total. The molecule has 0 amide bonds. The maximum Gasteiger partial charge on any atom is 0.184 e. The summed E-state index contributed by atoms with van der Waals surface area (Å²) in [5.41, 5.74) is 2.47. The summed E-state index contributed by atoms with van der Waals surface area (Å²) in [4.78, 5) is 27.9. The lowest BCUT2D eigenvalue weighted by atomic mass is 9.74. The fraction of sp³-hybridized carbons (Fsp3) is 0.0769. The normalized spacial score (nSPS) is 11.9. The highest BCUT2D eigenvalue weighted by molar-refractivity contribution is 7.12. The standard InChI is InChI=1S/C26H20O2S/c27-25(21-15-8-3-9-16-21)24(26(28)22-17-10-18-29-22)23(19-11-4-1-5-12-19)20-13-6-2-7-14-20/h1-18,23-24H. The summed E-state index contributed by atoms with van der Waals surface area (Å²) in [6.07, 6.45) is 0. The first-order valence-electron chi connectivity index (χ1n) is 9.52. The lowest BCUT2D eigenvalue weighted by molar-refractivity contribution is 0.0795. The molecule has 1 aromatic heterocycles. The van der Waals surface area contributed by atoms with E-state index in [0.717, 1.165) is 11.1 Å². The van der Waals surface area contributed by atoms with Gasteiger partial charge in [0.25, 0.3) is 0 Å². The molecule has 0 fully saturated rings. The van der Waals surface area contributed by atoms with Crippen LogP contribution in [0.2, 0.25) is 0 Å². The van der Waals surface area contributed by atoms with Crippen LogP contribution in [0, 0.1) is 5.92 Å². The minimum Gasteiger partial charge on any atom is -0.293 e. The van der Waals surface area contributed by atoms with E-state index in [4.69, 9.17) is 0 Å². The molecular formula is C26H20O2S. The summed E-state index contributed by atoms with van der Waals surface area (Å²) in [6.45, 7) is 0. The first kappa shape index (κ1) is 19.0. The monoisotopic (exact) mass is 396 g/mol. The number of Topliss-reactive ketones (excluding diaryl/α,β-unsaturated/α-hetero) is 2. The van der Waals surface area contributed by atoms with E-state index in [-0.39, 0.29) is 17.5 Å². The maximum absolute atomic E-state index is 13.7. The second kappa shape index (κ2) is 8.80. The van der Waals surface area contributed by atoms with Crippen molar-refractivity contribution in [1.29, 1.82) is 0 Å². The first-order valence-corrected chi connectivity index (χ1v) is 10.4. The molecule has 1 atom stereocenters. The Bertz CT molecular complexity index is 1030. The van der Waals surface area contributed by atoms with E-state index in [2.05, 4.69) is 0 Å². The summed E-state index contributed by atoms with van der Waals surface area (Å²) in [5.74, 6) is -1.48. The number of rotatable bonds is 7. The molecule has 4 rings (SSSR count). The fourth-order valence-corrected chi connectivity index (χ4v) is 4.38. The number of thiophene rings is 1. The molecule has 4 aromatic rings. The Kier molecular flexibility index (Phi) is 5.78. The van der Waals surface area contributed by atoms with Crippen molar-refractivity contribution in [3.05, 3.63) is 130 Å². The van der Waals surface area contributed by atoms with Crippen molar-refractivity contribution in [2.75, 3.05) is 0 Å². The summed E-state index contributed by atoms with van der Waals surface area (Å²) in [5, 5.41) is 1.87. The molecule has 3 heteroatoms. The third kappa shape index (κ3) is 4.10. The van der Waals surface area contributed by atoms with Gasteiger partial charge in [0.2, 0.25) is 0 Å². The third-order valence-corrected chi connectivity index (χ3v) is 5.92. The molecule has 29 heavy (non-hydrogen) atoms. The predicted molar refractivity (Wildman–Crippen MR) is 118 cm³/mol. The SMILES string of the molecule is O=C(c1ccccc1)C(C(=O)c1cccs1)C(c1ccccc1)c1ccccc1. The Balaban J connectivity index is 1.89. The number of ketones is 2. The summed E-state index contributed by atoms with van der Waals surface area (Å²) in [7, 11) is 0. The van der Waals surface area contributed by atoms with Gasteiger partial charge in [-0.05, 0) is 22.6 Å². The minimum absolute atomic E-state index is 0.133. The molecule has 3 aromatic carbocycles. The van der Waals surface area contributed by atoms with Gasteiger partial charge in [-0.3, -0.25) is 9.59 Å². The molecule has 0 saturated heterocycles. The molecule has 0 aliphatic heterocycles. The van der Waals surface area contributed by atoms with E-state index in [1.807, 2.05) is 90.3 Å². The Morgan fingerprint density at radius 3 is 1.59 bits per heavy atom. The van der Waals surface area contributed by atoms with Crippen LogP contribution in [0.15, 0.2) is 109 Å². The van der Waals surface area contributed by atoms with Gasteiger partial charge in [-0.2, -0.15) is 0 Å². The van der Waals surface area contributed by atoms with E-state index in [9.17, 15) is 9.59 Å². The highest BCUT2D eigenvalue weighted by atomic mass is 32.1. The van der Waals surface area contributed by atoms with Gasteiger partial charge in [0.1, 0.15) is 0 Å². The van der Waals surface area contributed by atoms with Crippen LogP contribution in [0.25, 0.3) is 0 Å². The van der Waals surface area contributed by atoms with Gasteiger partial charge in [0.15, 0.2) is 11.6 Å². The lowest BCUT2D eigenvalue weighted by Crippen LogP contribution is -2.31. The second-order valence-corrected chi connectivity index (χ2v) is 7.80. The highest BCUT2D eigenvalue weighted by Gasteiger charge is 2.38. The van der Waals surface area contributed by atoms with Crippen LogP contribution in [-0.4, -0.2) is 11.6 Å². The van der Waals surface area contributed by atoms with Crippen LogP contribution in [0.5, 0.6) is 0 Å². The molecule has 0 spiro atoms. The second-order valence-electron chi connectivity index (χ2n) is 6.85. The molecule has 0 aliphatic rings. The van der Waals surface area contributed by atoms with Crippen LogP contribution in [0.1, 0.15) is 37.1 Å². The zero-order chi connectivity index (χ0) is 20.1. The van der Waals surface area contributed by atoms with Gasteiger partial charge in [-0.25, -0.2) is 0 Å². The largest absolute Gasteiger partial charge is 0.293 e. The van der Waals surface area contributed by atoms with Crippen LogP contribution < -0.4 is 0 Å². The van der Waals surface area contributed by atoms with E-state index >= 15 is 0 Å². The average Bonchev–Trinajstić information content (AvgIpc) is 3.33. The van der Waals surface area contributed by atoms with Crippen molar-refractivity contribution in [3.8, 4) is 0 Å². The van der Waals surface area contributed by atoms with Crippen LogP contribution in [-0.2, 0) is 0 Å². The Morgan fingerprint density at radius 2 is 1.10 bits per heavy atom. The lowest BCUT2D eigenvalue weighted by Gasteiger charge is -2.26. The number of hydrogen-bond donors (Lipinski definition) is 0. The predicted octanol–water partition coefficient (Wildman–Crippen LogP) is 6.26. The van der Waals surface area contributed by atoms with E-state index < -0.39 is 5.92 Å². The van der Waals surface area contributed by atoms with E-state index in [1.165, 1.54) is 11.3 Å². The first-order chi connectivity index (χ1) is 14.3. The smallest absolute Gasteiger partial charge is 0.184 e. The molecule has 0 N–H and O–H groups in total. The fourth-order valence-electron chi connectivity index (χ4n) is 3.67. The molecule has 0 radical (unpaired) electrons. The third-order valence-electron chi connectivity index (χ3n) is 5.04. The zero-order valence-corrected chi connectivity index (χ0v) is 16.6. The van der Waals surface area contributed by atoms with E-state index in [1.54, 1.807) is 18.2 Å². The van der Waals surface area contributed by atoms with Crippen molar-refractivity contribution in [2.45, 2.75) is 5.92 Å². The number of carbonyl (C=O) groups is 2. The Hall–Kier alpha value is -3.30. The van der Waals surface area contributed by atoms with Crippen molar-refractivity contribution in [1.82, 2.24) is 0 Å². The maximum atomic E-state index is 13.7. The minimum atomic E-state index is -0.833. The molecule has 0 bridgehead atoms. The van der Waals surface area contributed by atoms with Gasteiger partial charge in [-0.1, -0.05) is 97.1 Å². The number of carbonyl (C=O) groups excluding carboxylic acids is 2. The summed E-state index contributed by atoms with van der Waals surface area (Å²) >= 11 is 1.38. The topological polar surface area (TPSA) is 34.1 Å². The van der Waals surface area contributed by atoms with Crippen molar-refractivity contribution in [3.63, 3.8) is 0 Å². The van der Waals surface area contributed by atoms with Crippen molar-refractivity contribution in [2.24, 2.45) is 5.92 Å². The Labute approximate surface area is 174 Å². The molecule has 142 valence electrons. The zero-order valence-electron chi connectivity index (χ0n) is 15.8. The highest BCUT2D eigenvalue weighted by Crippen LogP contribution is 2.37. The molecular weight excluding hydrogens is 376 g/mol. The van der Waals surface area contributed by atoms with Gasteiger partial charge in [0.05, 0.1) is 10.8 Å². The number of benzene rings is 3. The van der Waals surface area contributed by atoms with Crippen LogP contribution in [0.4, 0.5) is 0 Å². The van der Waals surface area contributed by atoms with Gasteiger partial charge in [0, 0.05) is 11.5 Å². The molecule has 0 saturated carbocycles. The quantitative estimate of drug-likeness (QED) is 0.273. The van der Waals surface area contributed by atoms with Crippen molar-refractivity contribution >= 4 is 22.9 Å². The molecule has 1 unspecified atom stereocenters. The number of hydrogen-bond acceptors (Lipinski definition) is 3. The van der Waals surface area contributed by atoms with Gasteiger partial charge < -0.3 is 0 Å². The summed E-state index contributed by atoms with van der Waals surface area (Å²) < 4.78 is 0. The summed E-state index contributed by atoms with van der Waals surface area (Å²) in [6, 6.07) is 32.4. The van der Waals surface area contributed by atoms with Gasteiger partial charge in [-0.15, -0.1) is 11.3 Å². The average molecular weight is 397 g/mol. The Morgan fingerprint density at radius 1 is 0.586 bits per heavy atom. The molecule has 1 heterocycles. The van der Waals surface area contributed by atoms with Crippen molar-refractivity contribution < 1.29 is 9.59 Å². The van der Waals surface area contributed by atoms with Gasteiger partial charge >= 0.3 is 0 Å². The van der Waals surface area contributed by atoms with Crippen LogP contribution >= 0.6 is 11.3 Å².